The third kappa shape index (κ3) is 2.79. The maximum absolute atomic E-state index is 11.9. The Balaban J connectivity index is 1.59. The molecule has 1 amide bonds. The van der Waals surface area contributed by atoms with E-state index >= 15 is 0 Å². The van der Waals surface area contributed by atoms with Crippen LogP contribution in [0.1, 0.15) is 18.4 Å². The van der Waals surface area contributed by atoms with Gasteiger partial charge in [-0.2, -0.15) is 0 Å². The molecule has 0 radical (unpaired) electrons. The first-order valence-electron chi connectivity index (χ1n) is 6.76. The quantitative estimate of drug-likeness (QED) is 0.881. The number of para-hydroxylation sites is 1. The molecule has 3 rings (SSSR count). The summed E-state index contributed by atoms with van der Waals surface area (Å²) in [5, 5.41) is 4.07. The van der Waals surface area contributed by atoms with E-state index in [0.29, 0.717) is 13.0 Å². The number of aromatic amines is 1. The number of nitrogens with one attached hydrogen (secondary N) is 2. The van der Waals surface area contributed by atoms with Gasteiger partial charge in [0.15, 0.2) is 0 Å². The van der Waals surface area contributed by atoms with Crippen molar-refractivity contribution in [2.24, 2.45) is 0 Å². The molecule has 1 fully saturated rings. The summed E-state index contributed by atoms with van der Waals surface area (Å²) in [6.45, 7) is 1.45. The van der Waals surface area contributed by atoms with Crippen LogP contribution in [0.4, 0.5) is 0 Å². The van der Waals surface area contributed by atoms with E-state index in [1.54, 1.807) is 0 Å². The van der Waals surface area contributed by atoms with Crippen LogP contribution in [-0.2, 0) is 16.0 Å². The Labute approximate surface area is 112 Å². The first-order valence-corrected chi connectivity index (χ1v) is 6.76. The molecule has 1 aromatic carbocycles. The van der Waals surface area contributed by atoms with Crippen LogP contribution in [0.3, 0.4) is 0 Å². The van der Waals surface area contributed by atoms with Crippen molar-refractivity contribution >= 4 is 16.8 Å². The van der Waals surface area contributed by atoms with Gasteiger partial charge in [-0.3, -0.25) is 4.79 Å². The Bertz CT molecular complexity index is 570. The van der Waals surface area contributed by atoms with Gasteiger partial charge in [0.1, 0.15) is 0 Å². The Hall–Kier alpha value is -1.81. The Morgan fingerprint density at radius 1 is 1.42 bits per heavy atom. The highest BCUT2D eigenvalue weighted by Gasteiger charge is 2.16. The van der Waals surface area contributed by atoms with E-state index in [-0.39, 0.29) is 12.0 Å². The van der Waals surface area contributed by atoms with E-state index in [0.717, 1.165) is 35.9 Å². The maximum atomic E-state index is 11.9. The lowest BCUT2D eigenvalue weighted by Gasteiger charge is -2.10. The van der Waals surface area contributed by atoms with Gasteiger partial charge in [0, 0.05) is 30.3 Å². The number of aromatic nitrogens is 1. The summed E-state index contributed by atoms with van der Waals surface area (Å²) < 4.78 is 5.49. The number of hydrogen-bond donors (Lipinski definition) is 2. The molecule has 2 heterocycles. The van der Waals surface area contributed by atoms with Crippen LogP contribution < -0.4 is 5.32 Å². The van der Waals surface area contributed by atoms with E-state index < -0.39 is 0 Å². The van der Waals surface area contributed by atoms with Crippen LogP contribution in [0.5, 0.6) is 0 Å². The van der Waals surface area contributed by atoms with Gasteiger partial charge >= 0.3 is 0 Å². The number of hydrogen-bond acceptors (Lipinski definition) is 2. The van der Waals surface area contributed by atoms with E-state index in [1.165, 1.54) is 0 Å². The van der Waals surface area contributed by atoms with E-state index in [4.69, 9.17) is 4.74 Å². The number of H-pyrrole nitrogens is 1. The zero-order chi connectivity index (χ0) is 13.1. The van der Waals surface area contributed by atoms with Crippen LogP contribution in [0, 0.1) is 0 Å². The predicted octanol–water partition coefficient (Wildman–Crippen LogP) is 2.01. The lowest BCUT2D eigenvalue weighted by atomic mass is 10.1. The van der Waals surface area contributed by atoms with Gasteiger partial charge in [-0.1, -0.05) is 18.2 Å². The SMILES string of the molecule is O=C(Cc1c[nH]c2ccccc12)NCC1CCCO1. The van der Waals surface area contributed by atoms with Gasteiger partial charge in [0.05, 0.1) is 12.5 Å². The summed E-state index contributed by atoms with van der Waals surface area (Å²) in [4.78, 5) is 15.1. The highest BCUT2D eigenvalue weighted by atomic mass is 16.5. The van der Waals surface area contributed by atoms with Gasteiger partial charge in [-0.15, -0.1) is 0 Å². The minimum Gasteiger partial charge on any atom is -0.376 e. The molecule has 2 N–H and O–H groups in total. The normalized spacial score (nSPS) is 18.8. The molecular weight excluding hydrogens is 240 g/mol. The number of rotatable bonds is 4. The molecule has 0 bridgehead atoms. The smallest absolute Gasteiger partial charge is 0.224 e. The van der Waals surface area contributed by atoms with E-state index in [1.807, 2.05) is 30.5 Å². The molecule has 1 atom stereocenters. The summed E-state index contributed by atoms with van der Waals surface area (Å²) in [6.07, 6.45) is 4.68. The van der Waals surface area contributed by atoms with Crippen LogP contribution in [-0.4, -0.2) is 30.1 Å². The Morgan fingerprint density at radius 3 is 3.16 bits per heavy atom. The zero-order valence-corrected chi connectivity index (χ0v) is 10.8. The molecular formula is C15H18N2O2. The standard InChI is InChI=1S/C15H18N2O2/c18-15(17-10-12-4-3-7-19-12)8-11-9-16-14-6-2-1-5-13(11)14/h1-2,5-6,9,12,16H,3-4,7-8,10H2,(H,17,18). The summed E-state index contributed by atoms with van der Waals surface area (Å²) in [5.74, 6) is 0.0558. The topological polar surface area (TPSA) is 54.1 Å². The van der Waals surface area contributed by atoms with Crippen molar-refractivity contribution in [3.8, 4) is 0 Å². The molecule has 2 aromatic rings. The van der Waals surface area contributed by atoms with Gasteiger partial charge in [0.2, 0.25) is 5.91 Å². The molecule has 0 spiro atoms. The highest BCUT2D eigenvalue weighted by molar-refractivity contribution is 5.88. The summed E-state index contributed by atoms with van der Waals surface area (Å²) in [7, 11) is 0. The fourth-order valence-corrected chi connectivity index (χ4v) is 2.55. The van der Waals surface area contributed by atoms with E-state index in [2.05, 4.69) is 10.3 Å². The molecule has 0 saturated carbocycles. The van der Waals surface area contributed by atoms with Crippen molar-refractivity contribution in [3.05, 3.63) is 36.0 Å². The lowest BCUT2D eigenvalue weighted by molar-refractivity contribution is -0.120. The van der Waals surface area contributed by atoms with Gasteiger partial charge < -0.3 is 15.0 Å². The van der Waals surface area contributed by atoms with Crippen molar-refractivity contribution < 1.29 is 9.53 Å². The number of carbonyl (C=O) groups is 1. The summed E-state index contributed by atoms with van der Waals surface area (Å²) in [6, 6.07) is 8.03. The predicted molar refractivity (Wildman–Crippen MR) is 74.0 cm³/mol. The number of ether oxygens (including phenoxy) is 1. The Morgan fingerprint density at radius 2 is 2.32 bits per heavy atom. The third-order valence-corrected chi connectivity index (χ3v) is 3.58. The molecule has 4 heteroatoms. The molecule has 0 aliphatic carbocycles. The minimum atomic E-state index is 0.0558. The molecule has 1 aromatic heterocycles. The minimum absolute atomic E-state index is 0.0558. The van der Waals surface area contributed by atoms with Crippen molar-refractivity contribution in [3.63, 3.8) is 0 Å². The number of benzene rings is 1. The van der Waals surface area contributed by atoms with Crippen molar-refractivity contribution in [2.75, 3.05) is 13.2 Å². The Kier molecular flexibility index (Phi) is 3.51. The second-order valence-corrected chi connectivity index (χ2v) is 4.98. The molecule has 19 heavy (non-hydrogen) atoms. The van der Waals surface area contributed by atoms with Crippen LogP contribution in [0.25, 0.3) is 10.9 Å². The summed E-state index contributed by atoms with van der Waals surface area (Å²) in [5.41, 5.74) is 2.12. The molecule has 100 valence electrons. The van der Waals surface area contributed by atoms with Gasteiger partial charge in [-0.05, 0) is 24.5 Å². The highest BCUT2D eigenvalue weighted by Crippen LogP contribution is 2.18. The number of carbonyl (C=O) groups excluding carboxylic acids is 1. The molecule has 1 aliphatic heterocycles. The van der Waals surface area contributed by atoms with E-state index in [9.17, 15) is 4.79 Å². The average Bonchev–Trinajstić information content (AvgIpc) is 3.07. The zero-order valence-electron chi connectivity index (χ0n) is 10.8. The van der Waals surface area contributed by atoms with Crippen molar-refractivity contribution in [2.45, 2.75) is 25.4 Å². The number of fused-ring (bicyclic) bond motifs is 1. The first-order chi connectivity index (χ1) is 9.33. The first kappa shape index (κ1) is 12.2. The average molecular weight is 258 g/mol. The number of amides is 1. The second-order valence-electron chi connectivity index (χ2n) is 4.98. The van der Waals surface area contributed by atoms with Crippen LogP contribution in [0.15, 0.2) is 30.5 Å². The fourth-order valence-electron chi connectivity index (χ4n) is 2.55. The second kappa shape index (κ2) is 5.45. The fraction of sp³-hybridized carbons (Fsp3) is 0.400. The third-order valence-electron chi connectivity index (χ3n) is 3.58. The largest absolute Gasteiger partial charge is 0.376 e. The van der Waals surface area contributed by atoms with Gasteiger partial charge in [-0.25, -0.2) is 0 Å². The maximum Gasteiger partial charge on any atom is 0.224 e. The van der Waals surface area contributed by atoms with Crippen molar-refractivity contribution in [1.29, 1.82) is 0 Å². The monoisotopic (exact) mass is 258 g/mol. The molecule has 1 aliphatic rings. The van der Waals surface area contributed by atoms with Crippen LogP contribution >= 0.6 is 0 Å². The summed E-state index contributed by atoms with van der Waals surface area (Å²) >= 11 is 0. The molecule has 1 saturated heterocycles. The molecule has 4 nitrogen and oxygen atoms in total. The lowest BCUT2D eigenvalue weighted by Crippen LogP contribution is -2.32. The van der Waals surface area contributed by atoms with Gasteiger partial charge in [0.25, 0.3) is 0 Å². The molecule has 1 unspecified atom stereocenters. The van der Waals surface area contributed by atoms with Crippen molar-refractivity contribution in [1.82, 2.24) is 10.3 Å². The van der Waals surface area contributed by atoms with Crippen LogP contribution in [0.2, 0.25) is 0 Å².